The number of amides is 1. The Morgan fingerprint density at radius 1 is 1.33 bits per heavy atom. The zero-order chi connectivity index (χ0) is 13.5. The summed E-state index contributed by atoms with van der Waals surface area (Å²) >= 11 is 0. The molecule has 3 atom stereocenters. The van der Waals surface area contributed by atoms with E-state index in [1.165, 1.54) is 0 Å². The Morgan fingerprint density at radius 2 is 2.06 bits per heavy atom. The van der Waals surface area contributed by atoms with Crippen LogP contribution < -0.4 is 10.6 Å². The van der Waals surface area contributed by atoms with Crippen molar-refractivity contribution in [3.63, 3.8) is 0 Å². The van der Waals surface area contributed by atoms with E-state index >= 15 is 0 Å². The quantitative estimate of drug-likeness (QED) is 0.781. The minimum absolute atomic E-state index is 0.0515. The van der Waals surface area contributed by atoms with E-state index in [0.717, 1.165) is 18.6 Å². The van der Waals surface area contributed by atoms with Gasteiger partial charge in [-0.05, 0) is 39.3 Å². The maximum absolute atomic E-state index is 11.9. The number of carbonyl (C=O) groups excluding carboxylic acids is 1. The van der Waals surface area contributed by atoms with Crippen LogP contribution in [0.1, 0.15) is 39.9 Å². The number of nitrogens with one attached hydrogen (secondary N) is 2. The lowest BCUT2D eigenvalue weighted by Crippen LogP contribution is -2.48. The van der Waals surface area contributed by atoms with Gasteiger partial charge >= 0.3 is 0 Å². The van der Waals surface area contributed by atoms with Gasteiger partial charge in [-0.25, -0.2) is 0 Å². The first kappa shape index (κ1) is 14.8. The van der Waals surface area contributed by atoms with E-state index in [1.54, 1.807) is 6.26 Å². The van der Waals surface area contributed by atoms with E-state index in [2.05, 4.69) is 24.5 Å². The van der Waals surface area contributed by atoms with Crippen LogP contribution in [0, 0.1) is 0 Å². The summed E-state index contributed by atoms with van der Waals surface area (Å²) in [4.78, 5) is 11.9. The number of rotatable bonds is 7. The summed E-state index contributed by atoms with van der Waals surface area (Å²) < 4.78 is 5.29. The lowest BCUT2D eigenvalue weighted by Gasteiger charge is -2.21. The Kier molecular flexibility index (Phi) is 5.92. The van der Waals surface area contributed by atoms with Gasteiger partial charge in [0.25, 0.3) is 0 Å². The predicted molar refractivity (Wildman–Crippen MR) is 72.4 cm³/mol. The molecule has 0 aliphatic rings. The Bertz CT molecular complexity index is 349. The molecule has 1 heterocycles. The highest BCUT2D eigenvalue weighted by atomic mass is 16.3. The van der Waals surface area contributed by atoms with Crippen molar-refractivity contribution in [3.05, 3.63) is 24.2 Å². The fourth-order valence-electron chi connectivity index (χ4n) is 1.76. The predicted octanol–water partition coefficient (Wildman–Crippen LogP) is 2.10. The minimum atomic E-state index is -0.191. The molecule has 0 fully saturated rings. The smallest absolute Gasteiger partial charge is 0.237 e. The summed E-state index contributed by atoms with van der Waals surface area (Å²) in [5, 5.41) is 6.24. The highest BCUT2D eigenvalue weighted by Gasteiger charge is 2.17. The molecule has 0 saturated carbocycles. The second-order valence-corrected chi connectivity index (χ2v) is 4.89. The van der Waals surface area contributed by atoms with Gasteiger partial charge in [0.05, 0.1) is 12.3 Å². The molecule has 1 aromatic rings. The molecule has 0 aliphatic heterocycles. The van der Waals surface area contributed by atoms with E-state index in [9.17, 15) is 4.79 Å². The molecular weight excluding hydrogens is 228 g/mol. The average Bonchev–Trinajstić information content (AvgIpc) is 2.81. The molecule has 18 heavy (non-hydrogen) atoms. The molecule has 1 aromatic heterocycles. The highest BCUT2D eigenvalue weighted by molar-refractivity contribution is 5.81. The lowest BCUT2D eigenvalue weighted by molar-refractivity contribution is -0.123. The largest absolute Gasteiger partial charge is 0.469 e. The molecule has 0 aromatic carbocycles. The van der Waals surface area contributed by atoms with Crippen LogP contribution in [0.2, 0.25) is 0 Å². The van der Waals surface area contributed by atoms with Gasteiger partial charge in [0.15, 0.2) is 0 Å². The monoisotopic (exact) mass is 252 g/mol. The molecule has 4 heteroatoms. The van der Waals surface area contributed by atoms with Crippen LogP contribution in [0.5, 0.6) is 0 Å². The van der Waals surface area contributed by atoms with Crippen LogP contribution >= 0.6 is 0 Å². The van der Waals surface area contributed by atoms with Crippen LogP contribution in [0.3, 0.4) is 0 Å². The molecular formula is C14H24N2O2. The topological polar surface area (TPSA) is 54.3 Å². The van der Waals surface area contributed by atoms with Gasteiger partial charge in [-0.3, -0.25) is 4.79 Å². The van der Waals surface area contributed by atoms with E-state index < -0.39 is 0 Å². The van der Waals surface area contributed by atoms with Crippen LogP contribution in [0.25, 0.3) is 0 Å². The summed E-state index contributed by atoms with van der Waals surface area (Å²) in [7, 11) is 0. The third-order valence-corrected chi connectivity index (χ3v) is 3.02. The summed E-state index contributed by atoms with van der Waals surface area (Å²) in [6.45, 7) is 8.01. The van der Waals surface area contributed by atoms with Crippen LogP contribution in [0.4, 0.5) is 0 Å². The number of carbonyl (C=O) groups is 1. The van der Waals surface area contributed by atoms with Crippen molar-refractivity contribution >= 4 is 5.91 Å². The summed E-state index contributed by atoms with van der Waals surface area (Å²) in [6.07, 6.45) is 3.40. The standard InChI is InChI=1S/C14H24N2O2/c1-5-10(2)16-14(17)12(4)15-11(3)9-13-7-6-8-18-13/h6-8,10-12,15H,5,9H2,1-4H3,(H,16,17). The van der Waals surface area contributed by atoms with Crippen LogP contribution in [-0.2, 0) is 11.2 Å². The minimum Gasteiger partial charge on any atom is -0.469 e. The van der Waals surface area contributed by atoms with E-state index in [0.29, 0.717) is 0 Å². The van der Waals surface area contributed by atoms with Gasteiger partial charge in [-0.1, -0.05) is 6.92 Å². The fraction of sp³-hybridized carbons (Fsp3) is 0.643. The van der Waals surface area contributed by atoms with Gasteiger partial charge in [0, 0.05) is 18.5 Å². The molecule has 3 unspecified atom stereocenters. The first-order chi connectivity index (χ1) is 8.52. The zero-order valence-electron chi connectivity index (χ0n) is 11.7. The summed E-state index contributed by atoms with van der Waals surface area (Å²) in [5.74, 6) is 0.986. The van der Waals surface area contributed by atoms with Gasteiger partial charge in [0.1, 0.15) is 5.76 Å². The summed E-state index contributed by atoms with van der Waals surface area (Å²) in [5.41, 5.74) is 0. The van der Waals surface area contributed by atoms with Crippen molar-refractivity contribution in [2.75, 3.05) is 0 Å². The van der Waals surface area contributed by atoms with E-state index in [1.807, 2.05) is 26.0 Å². The molecule has 0 radical (unpaired) electrons. The van der Waals surface area contributed by atoms with Crippen molar-refractivity contribution in [3.8, 4) is 0 Å². The Morgan fingerprint density at radius 3 is 2.61 bits per heavy atom. The highest BCUT2D eigenvalue weighted by Crippen LogP contribution is 2.04. The molecule has 0 aliphatic carbocycles. The zero-order valence-corrected chi connectivity index (χ0v) is 11.7. The Labute approximate surface area is 109 Å². The number of furan rings is 1. The van der Waals surface area contributed by atoms with Crippen molar-refractivity contribution in [2.24, 2.45) is 0 Å². The van der Waals surface area contributed by atoms with Crippen molar-refractivity contribution in [1.29, 1.82) is 0 Å². The van der Waals surface area contributed by atoms with Gasteiger partial charge < -0.3 is 15.1 Å². The maximum atomic E-state index is 11.9. The van der Waals surface area contributed by atoms with Gasteiger partial charge in [-0.15, -0.1) is 0 Å². The molecule has 0 spiro atoms. The molecule has 0 bridgehead atoms. The molecule has 1 amide bonds. The molecule has 4 nitrogen and oxygen atoms in total. The number of hydrogen-bond acceptors (Lipinski definition) is 3. The third kappa shape index (κ3) is 4.92. The SMILES string of the molecule is CCC(C)NC(=O)C(C)NC(C)Cc1ccco1. The second-order valence-electron chi connectivity index (χ2n) is 4.89. The van der Waals surface area contributed by atoms with Crippen molar-refractivity contribution in [2.45, 2.75) is 58.7 Å². The third-order valence-electron chi connectivity index (χ3n) is 3.02. The second kappa shape index (κ2) is 7.21. The molecule has 2 N–H and O–H groups in total. The lowest BCUT2D eigenvalue weighted by atomic mass is 10.1. The molecule has 102 valence electrons. The van der Waals surface area contributed by atoms with Gasteiger partial charge in [0.2, 0.25) is 5.91 Å². The van der Waals surface area contributed by atoms with Crippen molar-refractivity contribution in [1.82, 2.24) is 10.6 Å². The maximum Gasteiger partial charge on any atom is 0.237 e. The van der Waals surface area contributed by atoms with Gasteiger partial charge in [-0.2, -0.15) is 0 Å². The normalized spacial score (nSPS) is 16.0. The van der Waals surface area contributed by atoms with Crippen LogP contribution in [-0.4, -0.2) is 24.0 Å². The number of hydrogen-bond donors (Lipinski definition) is 2. The summed E-state index contributed by atoms with van der Waals surface area (Å²) in [6, 6.07) is 4.06. The Balaban J connectivity index is 2.34. The average molecular weight is 252 g/mol. The van der Waals surface area contributed by atoms with E-state index in [-0.39, 0.29) is 24.0 Å². The van der Waals surface area contributed by atoms with E-state index in [4.69, 9.17) is 4.42 Å². The molecule has 0 saturated heterocycles. The first-order valence-electron chi connectivity index (χ1n) is 6.61. The first-order valence-corrected chi connectivity index (χ1v) is 6.61. The molecule has 1 rings (SSSR count). The fourth-order valence-corrected chi connectivity index (χ4v) is 1.76. The van der Waals surface area contributed by atoms with Crippen molar-refractivity contribution < 1.29 is 9.21 Å². The Hall–Kier alpha value is -1.29. The van der Waals surface area contributed by atoms with Crippen LogP contribution in [0.15, 0.2) is 22.8 Å².